The van der Waals surface area contributed by atoms with E-state index in [1.165, 1.54) is 17.0 Å². The van der Waals surface area contributed by atoms with E-state index in [4.69, 9.17) is 9.31 Å². The van der Waals surface area contributed by atoms with Crippen LogP contribution in [0.3, 0.4) is 0 Å². The van der Waals surface area contributed by atoms with Gasteiger partial charge in [-0.2, -0.15) is 13.2 Å². The van der Waals surface area contributed by atoms with E-state index in [-0.39, 0.29) is 11.0 Å². The number of hydrogen-bond donors (Lipinski definition) is 0. The number of carbonyl (C=O) groups excluding carboxylic acids is 1. The van der Waals surface area contributed by atoms with Crippen molar-refractivity contribution in [1.29, 1.82) is 0 Å². The van der Waals surface area contributed by atoms with Gasteiger partial charge in [0.15, 0.2) is 0 Å². The maximum atomic E-state index is 13.7. The van der Waals surface area contributed by atoms with Gasteiger partial charge in [-0.25, -0.2) is 0 Å². The summed E-state index contributed by atoms with van der Waals surface area (Å²) < 4.78 is 52.5. The molecule has 0 atom stereocenters. The highest BCUT2D eigenvalue weighted by molar-refractivity contribution is 6.62. The zero-order valence-corrected chi connectivity index (χ0v) is 16.0. The highest BCUT2D eigenvalue weighted by Gasteiger charge is 2.53. The van der Waals surface area contributed by atoms with E-state index in [9.17, 15) is 18.0 Å². The molecule has 1 aromatic carbocycles. The molecule has 1 aliphatic rings. The van der Waals surface area contributed by atoms with Crippen LogP contribution in [0.25, 0.3) is 0 Å². The Balaban J connectivity index is 2.48. The zero-order chi connectivity index (χ0) is 19.9. The second-order valence-electron chi connectivity index (χ2n) is 7.37. The molecule has 0 spiro atoms. The molecule has 144 valence electrons. The number of benzene rings is 1. The number of hydrogen-bond acceptors (Lipinski definition) is 3. The first-order chi connectivity index (χ1) is 11.8. The van der Waals surface area contributed by atoms with Crippen LogP contribution in [-0.2, 0) is 15.5 Å². The summed E-state index contributed by atoms with van der Waals surface area (Å²) >= 11 is 0. The van der Waals surface area contributed by atoms with Gasteiger partial charge >= 0.3 is 13.3 Å². The Morgan fingerprint density at radius 1 is 1.08 bits per heavy atom. The predicted molar refractivity (Wildman–Crippen MR) is 94.4 cm³/mol. The molecule has 1 aromatic rings. The third-order valence-electron chi connectivity index (χ3n) is 5.16. The summed E-state index contributed by atoms with van der Waals surface area (Å²) in [7, 11) is -1.14. The highest BCUT2D eigenvalue weighted by Crippen LogP contribution is 2.38. The van der Waals surface area contributed by atoms with Crippen molar-refractivity contribution in [3.8, 4) is 0 Å². The van der Waals surface area contributed by atoms with Crippen LogP contribution in [-0.4, -0.2) is 42.2 Å². The molecule has 1 saturated heterocycles. The van der Waals surface area contributed by atoms with E-state index in [1.807, 2.05) is 0 Å². The topological polar surface area (TPSA) is 38.8 Å². The van der Waals surface area contributed by atoms with Gasteiger partial charge in [0.05, 0.1) is 16.8 Å². The van der Waals surface area contributed by atoms with Crippen molar-refractivity contribution >= 4 is 18.5 Å². The molecular formula is C18H25BF3NO3. The van der Waals surface area contributed by atoms with Gasteiger partial charge in [0.25, 0.3) is 5.91 Å². The average molecular weight is 371 g/mol. The minimum absolute atomic E-state index is 0.00120. The van der Waals surface area contributed by atoms with Gasteiger partial charge in [0.1, 0.15) is 0 Å². The number of alkyl halides is 3. The number of nitrogens with zero attached hydrogens (tertiary/aromatic N) is 1. The molecule has 0 aromatic heterocycles. The molecule has 1 fully saturated rings. The zero-order valence-electron chi connectivity index (χ0n) is 16.0. The third-order valence-corrected chi connectivity index (χ3v) is 5.16. The van der Waals surface area contributed by atoms with E-state index < -0.39 is 36.0 Å². The molecule has 1 heterocycles. The fourth-order valence-corrected chi connectivity index (χ4v) is 2.80. The maximum Gasteiger partial charge on any atom is 0.495 e. The largest absolute Gasteiger partial charge is 0.495 e. The fourth-order valence-electron chi connectivity index (χ4n) is 2.80. The average Bonchev–Trinajstić information content (AvgIpc) is 2.75. The lowest BCUT2D eigenvalue weighted by molar-refractivity contribution is -0.136. The summed E-state index contributed by atoms with van der Waals surface area (Å²) in [6, 6.07) is 3.57. The van der Waals surface area contributed by atoms with Gasteiger partial charge in [-0.3, -0.25) is 4.79 Å². The monoisotopic (exact) mass is 371 g/mol. The molecule has 1 amide bonds. The number of carbonyl (C=O) groups is 1. The van der Waals surface area contributed by atoms with Crippen molar-refractivity contribution in [2.24, 2.45) is 0 Å². The molecule has 0 bridgehead atoms. The lowest BCUT2D eigenvalue weighted by atomic mass is 9.75. The van der Waals surface area contributed by atoms with Crippen molar-refractivity contribution in [1.82, 2.24) is 4.90 Å². The quantitative estimate of drug-likeness (QED) is 0.761. The molecule has 0 saturated carbocycles. The van der Waals surface area contributed by atoms with Gasteiger partial charge < -0.3 is 14.2 Å². The van der Waals surface area contributed by atoms with Crippen LogP contribution in [0.2, 0.25) is 0 Å². The first-order valence-corrected chi connectivity index (χ1v) is 8.70. The molecule has 2 rings (SSSR count). The van der Waals surface area contributed by atoms with Gasteiger partial charge in [-0.15, -0.1) is 0 Å². The SMILES string of the molecule is CCN(CC)C(=O)c1ccc(B2OC(C)(C)C(C)(C)O2)c(C(F)(F)F)c1. The smallest absolute Gasteiger partial charge is 0.399 e. The van der Waals surface area contributed by atoms with Gasteiger partial charge in [-0.1, -0.05) is 6.07 Å². The van der Waals surface area contributed by atoms with Gasteiger partial charge in [0, 0.05) is 18.7 Å². The normalized spacial score (nSPS) is 18.9. The summed E-state index contributed by atoms with van der Waals surface area (Å²) in [6.45, 7) is 11.5. The summed E-state index contributed by atoms with van der Waals surface area (Å²) in [6.07, 6.45) is -4.63. The Bertz CT molecular complexity index is 669. The predicted octanol–water partition coefficient (Wildman–Crippen LogP) is 3.49. The van der Waals surface area contributed by atoms with E-state index in [0.717, 1.165) is 6.07 Å². The van der Waals surface area contributed by atoms with Crippen molar-refractivity contribution < 1.29 is 27.3 Å². The molecular weight excluding hydrogens is 346 g/mol. The van der Waals surface area contributed by atoms with E-state index in [0.29, 0.717) is 13.1 Å². The lowest BCUT2D eigenvalue weighted by Gasteiger charge is -2.32. The number of amides is 1. The molecule has 0 N–H and O–H groups in total. The number of rotatable bonds is 4. The van der Waals surface area contributed by atoms with E-state index in [2.05, 4.69) is 0 Å². The van der Waals surface area contributed by atoms with Crippen LogP contribution in [0.4, 0.5) is 13.2 Å². The highest BCUT2D eigenvalue weighted by atomic mass is 19.4. The Kier molecular flexibility index (Phi) is 5.50. The summed E-state index contributed by atoms with van der Waals surface area (Å²) in [5.74, 6) is -0.430. The molecule has 26 heavy (non-hydrogen) atoms. The second kappa shape index (κ2) is 6.89. The van der Waals surface area contributed by atoms with Crippen LogP contribution in [0.5, 0.6) is 0 Å². The van der Waals surface area contributed by atoms with Crippen molar-refractivity contribution in [3.63, 3.8) is 0 Å². The molecule has 0 aliphatic carbocycles. The van der Waals surface area contributed by atoms with Crippen molar-refractivity contribution in [3.05, 3.63) is 29.3 Å². The fraction of sp³-hybridized carbons (Fsp3) is 0.611. The Morgan fingerprint density at radius 2 is 1.58 bits per heavy atom. The van der Waals surface area contributed by atoms with Gasteiger partial charge in [0.2, 0.25) is 0 Å². The Hall–Kier alpha value is -1.54. The first-order valence-electron chi connectivity index (χ1n) is 8.70. The van der Waals surface area contributed by atoms with Crippen LogP contribution in [0.15, 0.2) is 18.2 Å². The first kappa shape index (κ1) is 20.8. The van der Waals surface area contributed by atoms with Crippen LogP contribution in [0, 0.1) is 0 Å². The third kappa shape index (κ3) is 3.76. The van der Waals surface area contributed by atoms with Crippen LogP contribution < -0.4 is 5.46 Å². The second-order valence-corrected chi connectivity index (χ2v) is 7.37. The van der Waals surface area contributed by atoms with Crippen molar-refractivity contribution in [2.75, 3.05) is 13.1 Å². The van der Waals surface area contributed by atoms with Crippen LogP contribution in [0.1, 0.15) is 57.5 Å². The molecule has 0 radical (unpaired) electrons. The molecule has 4 nitrogen and oxygen atoms in total. The standard InChI is InChI=1S/C18H25BF3NO3/c1-7-23(8-2)15(24)12-9-10-14(13(11-12)18(20,21)22)19-25-16(3,4)17(5,6)26-19/h9-11H,7-8H2,1-6H3. The van der Waals surface area contributed by atoms with E-state index >= 15 is 0 Å². The minimum atomic E-state index is -4.63. The molecule has 0 unspecified atom stereocenters. The molecule has 1 aliphatic heterocycles. The molecule has 8 heteroatoms. The number of halogens is 3. The van der Waals surface area contributed by atoms with Crippen LogP contribution >= 0.6 is 0 Å². The maximum absolute atomic E-state index is 13.7. The van der Waals surface area contributed by atoms with E-state index in [1.54, 1.807) is 41.5 Å². The lowest BCUT2D eigenvalue weighted by Crippen LogP contribution is -2.41. The Morgan fingerprint density at radius 3 is 2.00 bits per heavy atom. The van der Waals surface area contributed by atoms with Gasteiger partial charge in [-0.05, 0) is 59.1 Å². The Labute approximate surface area is 152 Å². The summed E-state index contributed by atoms with van der Waals surface area (Å²) in [5, 5.41) is 0. The minimum Gasteiger partial charge on any atom is -0.399 e. The summed E-state index contributed by atoms with van der Waals surface area (Å²) in [5.41, 5.74) is -2.53. The summed E-state index contributed by atoms with van der Waals surface area (Å²) in [4.78, 5) is 13.9. The van der Waals surface area contributed by atoms with Crippen molar-refractivity contribution in [2.45, 2.75) is 58.9 Å².